The summed E-state index contributed by atoms with van der Waals surface area (Å²) in [6.45, 7) is 2.16. The van der Waals surface area contributed by atoms with Crippen LogP contribution in [0.2, 0.25) is 0 Å². The Balaban J connectivity index is 2.23. The fourth-order valence-electron chi connectivity index (χ4n) is 2.30. The van der Waals surface area contributed by atoms with Gasteiger partial charge in [-0.15, -0.1) is 0 Å². The molecule has 1 unspecified atom stereocenters. The number of carbonyl (C=O) groups is 2. The quantitative estimate of drug-likeness (QED) is 0.718. The maximum atomic E-state index is 12.3. The Morgan fingerprint density at radius 3 is 2.81 bits per heavy atom. The molecular formula is C14H15Br2NO3S. The molecule has 4 nitrogen and oxygen atoms in total. The predicted molar refractivity (Wildman–Crippen MR) is 92.0 cm³/mol. The number of rotatable bonds is 4. The van der Waals surface area contributed by atoms with Crippen molar-refractivity contribution < 1.29 is 14.3 Å². The van der Waals surface area contributed by atoms with Crippen LogP contribution in [-0.4, -0.2) is 30.4 Å². The number of ether oxygens (including phenoxy) is 1. The van der Waals surface area contributed by atoms with Crippen molar-refractivity contribution in [3.63, 3.8) is 0 Å². The lowest BCUT2D eigenvalue weighted by Crippen LogP contribution is -2.25. The summed E-state index contributed by atoms with van der Waals surface area (Å²) < 4.78 is 7.08. The van der Waals surface area contributed by atoms with E-state index in [1.54, 1.807) is 18.9 Å². The van der Waals surface area contributed by atoms with Gasteiger partial charge in [-0.25, -0.2) is 0 Å². The van der Waals surface area contributed by atoms with Gasteiger partial charge in [-0.1, -0.05) is 27.7 Å². The summed E-state index contributed by atoms with van der Waals surface area (Å²) in [5, 5.41) is 0.0864. The first-order valence-corrected chi connectivity index (χ1v) is 8.96. The molecule has 2 rings (SSSR count). The highest BCUT2D eigenvalue weighted by Gasteiger charge is 2.33. The molecule has 7 heteroatoms. The van der Waals surface area contributed by atoms with Crippen LogP contribution in [0.5, 0.6) is 5.75 Å². The maximum absolute atomic E-state index is 12.3. The summed E-state index contributed by atoms with van der Waals surface area (Å²) >= 11 is 8.18. The topological polar surface area (TPSA) is 46.6 Å². The molecule has 1 fully saturated rings. The van der Waals surface area contributed by atoms with E-state index in [1.807, 2.05) is 12.1 Å². The van der Waals surface area contributed by atoms with Crippen molar-refractivity contribution in [1.29, 1.82) is 0 Å². The summed E-state index contributed by atoms with van der Waals surface area (Å²) in [5.41, 5.74) is 0.751. The molecule has 1 aliphatic rings. The Labute approximate surface area is 144 Å². The fourth-order valence-corrected chi connectivity index (χ4v) is 4.40. The van der Waals surface area contributed by atoms with E-state index < -0.39 is 0 Å². The van der Waals surface area contributed by atoms with Crippen LogP contribution in [0, 0.1) is 5.92 Å². The second kappa shape index (κ2) is 7.15. The van der Waals surface area contributed by atoms with Crippen LogP contribution < -0.4 is 9.64 Å². The van der Waals surface area contributed by atoms with Crippen LogP contribution in [0.1, 0.15) is 13.3 Å². The number of hydrogen-bond donors (Lipinski definition) is 0. The van der Waals surface area contributed by atoms with Gasteiger partial charge in [0.1, 0.15) is 11.4 Å². The zero-order chi connectivity index (χ0) is 15.6. The molecular weight excluding hydrogens is 422 g/mol. The first kappa shape index (κ1) is 16.8. The van der Waals surface area contributed by atoms with Gasteiger partial charge in [0.15, 0.2) is 5.12 Å². The summed E-state index contributed by atoms with van der Waals surface area (Å²) in [6.07, 6.45) is 0.464. The van der Waals surface area contributed by atoms with Gasteiger partial charge in [-0.05, 0) is 34.0 Å². The van der Waals surface area contributed by atoms with Gasteiger partial charge in [-0.2, -0.15) is 0 Å². The third kappa shape index (κ3) is 4.02. The first-order chi connectivity index (χ1) is 9.92. The molecule has 114 valence electrons. The largest absolute Gasteiger partial charge is 0.494 e. The second-order valence-corrected chi connectivity index (χ2v) is 7.78. The second-order valence-electron chi connectivity index (χ2n) is 4.82. The van der Waals surface area contributed by atoms with Gasteiger partial charge in [0.25, 0.3) is 0 Å². The Morgan fingerprint density at radius 1 is 1.48 bits per heavy atom. The molecule has 0 radical (unpaired) electrons. The lowest BCUT2D eigenvalue weighted by Gasteiger charge is -2.21. The number of amides is 1. The Kier molecular flexibility index (Phi) is 5.73. The van der Waals surface area contributed by atoms with Crippen LogP contribution in [0.15, 0.2) is 21.1 Å². The zero-order valence-electron chi connectivity index (χ0n) is 11.7. The van der Waals surface area contributed by atoms with Crippen LogP contribution >= 0.6 is 43.6 Å². The molecule has 1 atom stereocenters. The third-order valence-corrected chi connectivity index (χ3v) is 5.32. The van der Waals surface area contributed by atoms with Crippen molar-refractivity contribution in [3.8, 4) is 5.75 Å². The number of methoxy groups -OCH3 is 1. The normalized spacial score (nSPS) is 18.2. The lowest BCUT2D eigenvalue weighted by atomic mass is 10.1. The van der Waals surface area contributed by atoms with E-state index in [0.29, 0.717) is 24.5 Å². The number of hydrogen-bond acceptors (Lipinski definition) is 4. The van der Waals surface area contributed by atoms with E-state index in [0.717, 1.165) is 14.6 Å². The van der Waals surface area contributed by atoms with Crippen molar-refractivity contribution >= 4 is 60.3 Å². The highest BCUT2D eigenvalue weighted by atomic mass is 79.9. The molecule has 0 aliphatic carbocycles. The van der Waals surface area contributed by atoms with Crippen molar-refractivity contribution in [2.24, 2.45) is 5.92 Å². The molecule has 1 aromatic carbocycles. The van der Waals surface area contributed by atoms with Gasteiger partial charge in [0.05, 0.1) is 7.11 Å². The van der Waals surface area contributed by atoms with E-state index >= 15 is 0 Å². The molecule has 0 bridgehead atoms. The molecule has 0 spiro atoms. The Hall–Kier alpha value is -0.530. The minimum absolute atomic E-state index is 0.0606. The van der Waals surface area contributed by atoms with Crippen molar-refractivity contribution in [1.82, 2.24) is 0 Å². The van der Waals surface area contributed by atoms with Gasteiger partial charge >= 0.3 is 0 Å². The molecule has 1 saturated heterocycles. The molecule has 0 saturated carbocycles. The van der Waals surface area contributed by atoms with E-state index in [2.05, 4.69) is 31.9 Å². The number of halogens is 2. The number of anilines is 1. The highest BCUT2D eigenvalue weighted by Crippen LogP contribution is 2.41. The van der Waals surface area contributed by atoms with E-state index in [4.69, 9.17) is 4.74 Å². The van der Waals surface area contributed by atoms with Crippen LogP contribution in [-0.2, 0) is 9.59 Å². The highest BCUT2D eigenvalue weighted by molar-refractivity contribution is 9.11. The third-order valence-electron chi connectivity index (χ3n) is 3.21. The number of benzene rings is 1. The van der Waals surface area contributed by atoms with Crippen molar-refractivity contribution in [2.45, 2.75) is 13.3 Å². The van der Waals surface area contributed by atoms with E-state index in [1.165, 1.54) is 11.8 Å². The molecule has 1 aromatic rings. The summed E-state index contributed by atoms with van der Waals surface area (Å²) in [4.78, 5) is 25.1. The van der Waals surface area contributed by atoms with Crippen molar-refractivity contribution in [3.05, 3.63) is 21.1 Å². The van der Waals surface area contributed by atoms with Gasteiger partial charge in [0.2, 0.25) is 5.91 Å². The Bertz CT molecular complexity index is 580. The minimum Gasteiger partial charge on any atom is -0.494 e. The average molecular weight is 437 g/mol. The summed E-state index contributed by atoms with van der Waals surface area (Å²) in [6, 6.07) is 3.73. The van der Waals surface area contributed by atoms with Crippen LogP contribution in [0.25, 0.3) is 0 Å². The minimum atomic E-state index is 0.0606. The summed E-state index contributed by atoms with van der Waals surface area (Å²) in [5.74, 6) is 1.57. The predicted octanol–water partition coefficient (Wildman–Crippen LogP) is 3.85. The molecule has 1 aliphatic heterocycles. The SMILES string of the molecule is COc1cc(Br)cc(Br)c1N1CC(CSC(C)=O)CC1=O. The number of carbonyl (C=O) groups excluding carboxylic acids is 2. The molecule has 1 heterocycles. The van der Waals surface area contributed by atoms with Crippen LogP contribution in [0.4, 0.5) is 5.69 Å². The monoisotopic (exact) mass is 435 g/mol. The van der Waals surface area contributed by atoms with Crippen LogP contribution in [0.3, 0.4) is 0 Å². The lowest BCUT2D eigenvalue weighted by molar-refractivity contribution is -0.117. The van der Waals surface area contributed by atoms with E-state index in [9.17, 15) is 9.59 Å². The molecule has 0 N–H and O–H groups in total. The van der Waals surface area contributed by atoms with Gasteiger partial charge in [-0.3, -0.25) is 9.59 Å². The van der Waals surface area contributed by atoms with Crippen molar-refractivity contribution in [2.75, 3.05) is 24.3 Å². The molecule has 1 amide bonds. The molecule has 0 aromatic heterocycles. The standard InChI is InChI=1S/C14H15Br2NO3S/c1-8(18)21-7-9-3-13(19)17(6-9)14-11(16)4-10(15)5-12(14)20-2/h4-5,9H,3,6-7H2,1-2H3. The molecule has 21 heavy (non-hydrogen) atoms. The average Bonchev–Trinajstić information content (AvgIpc) is 2.76. The summed E-state index contributed by atoms with van der Waals surface area (Å²) in [7, 11) is 1.58. The number of thioether (sulfide) groups is 1. The first-order valence-electron chi connectivity index (χ1n) is 6.39. The zero-order valence-corrected chi connectivity index (χ0v) is 15.7. The number of nitrogens with zero attached hydrogens (tertiary/aromatic N) is 1. The fraction of sp³-hybridized carbons (Fsp3) is 0.429. The maximum Gasteiger partial charge on any atom is 0.227 e. The smallest absolute Gasteiger partial charge is 0.227 e. The van der Waals surface area contributed by atoms with Gasteiger partial charge in [0, 0.05) is 34.6 Å². The Morgan fingerprint density at radius 2 is 2.19 bits per heavy atom. The van der Waals surface area contributed by atoms with E-state index in [-0.39, 0.29) is 16.9 Å². The van der Waals surface area contributed by atoms with Gasteiger partial charge < -0.3 is 9.64 Å².